The Bertz CT molecular complexity index is 682. The minimum absolute atomic E-state index is 0.00370. The van der Waals surface area contributed by atoms with Crippen molar-refractivity contribution in [2.24, 2.45) is 5.92 Å². The average Bonchev–Trinajstić information content (AvgIpc) is 2.71. The number of aromatic nitrogens is 2. The Labute approximate surface area is 120 Å². The van der Waals surface area contributed by atoms with E-state index in [-0.39, 0.29) is 29.5 Å². The van der Waals surface area contributed by atoms with Crippen molar-refractivity contribution in [3.05, 3.63) is 23.8 Å². The number of hydrogen-bond donors (Lipinski definition) is 1. The molecule has 2 aromatic rings. The van der Waals surface area contributed by atoms with E-state index >= 15 is 0 Å². The van der Waals surface area contributed by atoms with E-state index in [1.807, 2.05) is 13.8 Å². The SMILES string of the molecule is CC(C)COC(=O)C(C)n1c(N)nc2cc(F)c(F)cc21. The minimum Gasteiger partial charge on any atom is -0.464 e. The van der Waals surface area contributed by atoms with Crippen LogP contribution >= 0.6 is 0 Å². The summed E-state index contributed by atoms with van der Waals surface area (Å²) in [4.78, 5) is 15.9. The molecule has 0 bridgehead atoms. The number of esters is 1. The molecule has 1 aromatic heterocycles. The van der Waals surface area contributed by atoms with Gasteiger partial charge in [0.2, 0.25) is 5.95 Å². The fraction of sp³-hybridized carbons (Fsp3) is 0.429. The maximum absolute atomic E-state index is 13.4. The topological polar surface area (TPSA) is 70.1 Å². The number of ether oxygens (including phenoxy) is 1. The summed E-state index contributed by atoms with van der Waals surface area (Å²) in [5, 5.41) is 0. The Morgan fingerprint density at radius 3 is 2.57 bits per heavy atom. The molecule has 2 rings (SSSR count). The van der Waals surface area contributed by atoms with Gasteiger partial charge in [0, 0.05) is 12.1 Å². The fourth-order valence-electron chi connectivity index (χ4n) is 1.99. The first-order valence-electron chi connectivity index (χ1n) is 6.60. The van der Waals surface area contributed by atoms with Gasteiger partial charge in [-0.15, -0.1) is 0 Å². The lowest BCUT2D eigenvalue weighted by Crippen LogP contribution is -2.22. The molecule has 0 saturated carbocycles. The monoisotopic (exact) mass is 297 g/mol. The molecule has 1 aromatic carbocycles. The van der Waals surface area contributed by atoms with Crippen LogP contribution in [0.15, 0.2) is 12.1 Å². The van der Waals surface area contributed by atoms with E-state index < -0.39 is 23.6 Å². The summed E-state index contributed by atoms with van der Waals surface area (Å²) < 4.78 is 33.1. The molecule has 21 heavy (non-hydrogen) atoms. The summed E-state index contributed by atoms with van der Waals surface area (Å²) in [5.41, 5.74) is 6.19. The van der Waals surface area contributed by atoms with Crippen LogP contribution in [0.25, 0.3) is 11.0 Å². The third-order valence-corrected chi connectivity index (χ3v) is 3.05. The Morgan fingerprint density at radius 2 is 1.95 bits per heavy atom. The lowest BCUT2D eigenvalue weighted by Gasteiger charge is -2.16. The summed E-state index contributed by atoms with van der Waals surface area (Å²) in [7, 11) is 0. The largest absolute Gasteiger partial charge is 0.464 e. The molecule has 0 amide bonds. The summed E-state index contributed by atoms with van der Waals surface area (Å²) >= 11 is 0. The number of benzene rings is 1. The summed E-state index contributed by atoms with van der Waals surface area (Å²) in [5.74, 6) is -2.33. The number of nitrogen functional groups attached to an aromatic ring is 1. The second-order valence-corrected chi connectivity index (χ2v) is 5.29. The number of hydrogen-bond acceptors (Lipinski definition) is 4. The first-order valence-corrected chi connectivity index (χ1v) is 6.60. The van der Waals surface area contributed by atoms with Gasteiger partial charge in [-0.05, 0) is 12.8 Å². The number of carbonyl (C=O) groups excluding carboxylic acids is 1. The van der Waals surface area contributed by atoms with Crippen molar-refractivity contribution >= 4 is 23.0 Å². The molecule has 1 heterocycles. The number of halogens is 2. The van der Waals surface area contributed by atoms with Gasteiger partial charge >= 0.3 is 5.97 Å². The Kier molecular flexibility index (Phi) is 4.11. The van der Waals surface area contributed by atoms with Gasteiger partial charge in [-0.25, -0.2) is 18.6 Å². The highest BCUT2D eigenvalue weighted by atomic mass is 19.2. The van der Waals surface area contributed by atoms with Gasteiger partial charge < -0.3 is 10.5 Å². The van der Waals surface area contributed by atoms with Crippen LogP contribution in [0.5, 0.6) is 0 Å². The number of anilines is 1. The molecule has 1 unspecified atom stereocenters. The molecule has 0 spiro atoms. The molecule has 0 radical (unpaired) electrons. The maximum atomic E-state index is 13.4. The van der Waals surface area contributed by atoms with Crippen molar-refractivity contribution in [3.63, 3.8) is 0 Å². The van der Waals surface area contributed by atoms with Crippen molar-refractivity contribution in [2.45, 2.75) is 26.8 Å². The average molecular weight is 297 g/mol. The lowest BCUT2D eigenvalue weighted by atomic mass is 10.2. The zero-order valence-electron chi connectivity index (χ0n) is 12.1. The number of fused-ring (bicyclic) bond motifs is 1. The van der Waals surface area contributed by atoms with Crippen LogP contribution in [0.1, 0.15) is 26.8 Å². The zero-order valence-corrected chi connectivity index (χ0v) is 12.1. The minimum atomic E-state index is -1.02. The van der Waals surface area contributed by atoms with E-state index in [0.717, 1.165) is 12.1 Å². The molecule has 1 atom stereocenters. The fourth-order valence-corrected chi connectivity index (χ4v) is 1.99. The lowest BCUT2D eigenvalue weighted by molar-refractivity contribution is -0.148. The Morgan fingerprint density at radius 1 is 1.33 bits per heavy atom. The maximum Gasteiger partial charge on any atom is 0.328 e. The van der Waals surface area contributed by atoms with E-state index in [2.05, 4.69) is 4.98 Å². The third-order valence-electron chi connectivity index (χ3n) is 3.05. The molecule has 0 saturated heterocycles. The predicted molar refractivity (Wildman–Crippen MR) is 74.6 cm³/mol. The highest BCUT2D eigenvalue weighted by molar-refractivity contribution is 5.83. The van der Waals surface area contributed by atoms with Crippen molar-refractivity contribution in [2.75, 3.05) is 12.3 Å². The number of nitrogens with two attached hydrogens (primary N) is 1. The molecule has 0 aliphatic heterocycles. The number of carbonyl (C=O) groups is 1. The predicted octanol–water partition coefficient (Wildman–Crippen LogP) is 2.66. The highest BCUT2D eigenvalue weighted by Gasteiger charge is 2.23. The van der Waals surface area contributed by atoms with Gasteiger partial charge in [-0.2, -0.15) is 0 Å². The first kappa shape index (κ1) is 15.2. The summed E-state index contributed by atoms with van der Waals surface area (Å²) in [6, 6.07) is 1.14. The van der Waals surface area contributed by atoms with Crippen LogP contribution in [0, 0.1) is 17.6 Å². The smallest absolute Gasteiger partial charge is 0.328 e. The molecule has 2 N–H and O–H groups in total. The van der Waals surface area contributed by atoms with Gasteiger partial charge in [0.1, 0.15) is 6.04 Å². The van der Waals surface area contributed by atoms with Crippen molar-refractivity contribution < 1.29 is 18.3 Å². The molecular formula is C14H17F2N3O2. The van der Waals surface area contributed by atoms with E-state index in [4.69, 9.17) is 10.5 Å². The van der Waals surface area contributed by atoms with Crippen LogP contribution in [0.2, 0.25) is 0 Å². The first-order chi connectivity index (χ1) is 9.81. The van der Waals surface area contributed by atoms with E-state index in [1.54, 1.807) is 6.92 Å². The highest BCUT2D eigenvalue weighted by Crippen LogP contribution is 2.25. The van der Waals surface area contributed by atoms with Crippen molar-refractivity contribution in [3.8, 4) is 0 Å². The molecule has 0 aliphatic rings. The van der Waals surface area contributed by atoms with Crippen LogP contribution in [0.4, 0.5) is 14.7 Å². The van der Waals surface area contributed by atoms with Gasteiger partial charge in [0.05, 0.1) is 17.6 Å². The van der Waals surface area contributed by atoms with Crippen LogP contribution < -0.4 is 5.73 Å². The normalized spacial score (nSPS) is 12.9. The molecule has 5 nitrogen and oxygen atoms in total. The Balaban J connectivity index is 2.39. The van der Waals surface area contributed by atoms with Crippen molar-refractivity contribution in [1.29, 1.82) is 0 Å². The third kappa shape index (κ3) is 2.96. The summed E-state index contributed by atoms with van der Waals surface area (Å²) in [6.07, 6.45) is 0. The summed E-state index contributed by atoms with van der Waals surface area (Å²) in [6.45, 7) is 5.67. The van der Waals surface area contributed by atoms with Gasteiger partial charge in [0.25, 0.3) is 0 Å². The quantitative estimate of drug-likeness (QED) is 0.881. The number of imidazole rings is 1. The second kappa shape index (κ2) is 5.67. The molecule has 114 valence electrons. The standard InChI is InChI=1S/C14H17F2N3O2/c1-7(2)6-21-13(20)8(3)19-12-5-10(16)9(15)4-11(12)18-14(19)17/h4-5,7-8H,6H2,1-3H3,(H2,17,18). The Hall–Kier alpha value is -2.18. The van der Waals surface area contributed by atoms with E-state index in [1.165, 1.54) is 4.57 Å². The van der Waals surface area contributed by atoms with Gasteiger partial charge in [0.15, 0.2) is 11.6 Å². The molecule has 0 aliphatic carbocycles. The second-order valence-electron chi connectivity index (χ2n) is 5.29. The molecular weight excluding hydrogens is 280 g/mol. The number of nitrogens with zero attached hydrogens (tertiary/aromatic N) is 2. The van der Waals surface area contributed by atoms with E-state index in [9.17, 15) is 13.6 Å². The number of rotatable bonds is 4. The van der Waals surface area contributed by atoms with Crippen LogP contribution in [0.3, 0.4) is 0 Å². The van der Waals surface area contributed by atoms with Gasteiger partial charge in [-0.3, -0.25) is 4.57 Å². The van der Waals surface area contributed by atoms with E-state index in [0.29, 0.717) is 0 Å². The van der Waals surface area contributed by atoms with Crippen LogP contribution in [-0.4, -0.2) is 22.1 Å². The van der Waals surface area contributed by atoms with Crippen LogP contribution in [-0.2, 0) is 9.53 Å². The van der Waals surface area contributed by atoms with Gasteiger partial charge in [-0.1, -0.05) is 13.8 Å². The molecule has 7 heteroatoms. The van der Waals surface area contributed by atoms with Crippen molar-refractivity contribution in [1.82, 2.24) is 9.55 Å². The molecule has 0 fully saturated rings. The zero-order chi connectivity index (χ0) is 15.7.